The summed E-state index contributed by atoms with van der Waals surface area (Å²) < 4.78 is 37.3. The first kappa shape index (κ1) is 18.3. The number of benzene rings is 1. The molecule has 0 heterocycles. The zero-order chi connectivity index (χ0) is 17.0. The Morgan fingerprint density at radius 2 is 1.77 bits per heavy atom. The third-order valence-corrected chi connectivity index (χ3v) is 2.94. The van der Waals surface area contributed by atoms with Crippen LogP contribution in [0.2, 0.25) is 0 Å². The summed E-state index contributed by atoms with van der Waals surface area (Å²) >= 11 is 0. The van der Waals surface area contributed by atoms with E-state index in [1.54, 1.807) is 20.9 Å². The monoisotopic (exact) mass is 318 g/mol. The molecule has 0 saturated heterocycles. The van der Waals surface area contributed by atoms with Crippen LogP contribution >= 0.6 is 0 Å². The van der Waals surface area contributed by atoms with Crippen molar-refractivity contribution in [2.24, 2.45) is 0 Å². The number of hydrogen-bond donors (Lipinski definition) is 2. The second-order valence-electron chi connectivity index (χ2n) is 5.85. The van der Waals surface area contributed by atoms with E-state index in [1.165, 1.54) is 17.0 Å². The molecule has 1 aromatic carbocycles. The van der Waals surface area contributed by atoms with E-state index in [0.717, 1.165) is 12.1 Å². The average Bonchev–Trinajstić information content (AvgIpc) is 2.36. The Morgan fingerprint density at radius 3 is 2.23 bits per heavy atom. The molecule has 0 aliphatic heterocycles. The van der Waals surface area contributed by atoms with Gasteiger partial charge in [0.15, 0.2) is 0 Å². The smallest absolute Gasteiger partial charge is 0.389 e. The lowest BCUT2D eigenvalue weighted by Crippen LogP contribution is -2.45. The number of likely N-dealkylation sites (N-methyl/N-ethyl adjacent to an activating group) is 1. The Kier molecular flexibility index (Phi) is 5.82. The number of hydrogen-bond acceptors (Lipinski definition) is 2. The number of nitrogens with one attached hydrogen (secondary N) is 1. The lowest BCUT2D eigenvalue weighted by molar-refractivity contribution is -0.137. The molecule has 22 heavy (non-hydrogen) atoms. The minimum Gasteiger partial charge on any atom is -0.389 e. The number of carbonyl (C=O) groups excluding carboxylic acids is 1. The molecule has 0 spiro atoms. The van der Waals surface area contributed by atoms with Gasteiger partial charge >= 0.3 is 12.2 Å². The molecule has 0 radical (unpaired) electrons. The molecule has 2 amide bonds. The number of urea groups is 1. The molecule has 0 atom stereocenters. The van der Waals surface area contributed by atoms with E-state index in [9.17, 15) is 23.1 Å². The molecule has 1 rings (SSSR count). The number of aliphatic hydroxyl groups is 1. The van der Waals surface area contributed by atoms with E-state index >= 15 is 0 Å². The minimum absolute atomic E-state index is 0.180. The zero-order valence-corrected chi connectivity index (χ0v) is 12.9. The highest BCUT2D eigenvalue weighted by atomic mass is 19.4. The van der Waals surface area contributed by atoms with Gasteiger partial charge < -0.3 is 15.3 Å². The van der Waals surface area contributed by atoms with Crippen LogP contribution in [0, 0.1) is 0 Å². The molecule has 0 aliphatic rings. The molecular formula is C15H21F3N2O2. The van der Waals surface area contributed by atoms with E-state index in [1.807, 2.05) is 0 Å². The minimum atomic E-state index is -4.34. The van der Waals surface area contributed by atoms with Crippen molar-refractivity contribution in [1.82, 2.24) is 10.2 Å². The van der Waals surface area contributed by atoms with Gasteiger partial charge in [-0.25, -0.2) is 4.79 Å². The highest BCUT2D eigenvalue weighted by Gasteiger charge is 2.29. The van der Waals surface area contributed by atoms with Gasteiger partial charge in [0.25, 0.3) is 0 Å². The second-order valence-corrected chi connectivity index (χ2v) is 5.85. The van der Waals surface area contributed by atoms with Crippen LogP contribution < -0.4 is 5.32 Å². The quantitative estimate of drug-likeness (QED) is 0.877. The predicted molar refractivity (Wildman–Crippen MR) is 77.5 cm³/mol. The maximum Gasteiger partial charge on any atom is 0.416 e. The summed E-state index contributed by atoms with van der Waals surface area (Å²) in [5.74, 6) is 0. The highest BCUT2D eigenvalue weighted by molar-refractivity contribution is 5.73. The van der Waals surface area contributed by atoms with Crippen molar-refractivity contribution in [2.75, 3.05) is 20.1 Å². The van der Waals surface area contributed by atoms with Gasteiger partial charge in [0.2, 0.25) is 0 Å². The van der Waals surface area contributed by atoms with Crippen molar-refractivity contribution in [1.29, 1.82) is 0 Å². The van der Waals surface area contributed by atoms with E-state index in [0.29, 0.717) is 18.5 Å². The van der Waals surface area contributed by atoms with Crippen LogP contribution in [0.25, 0.3) is 0 Å². The van der Waals surface area contributed by atoms with Crippen LogP contribution in [0.4, 0.5) is 18.0 Å². The number of nitrogens with zero attached hydrogens (tertiary/aromatic N) is 1. The van der Waals surface area contributed by atoms with Gasteiger partial charge in [-0.15, -0.1) is 0 Å². The molecule has 0 unspecified atom stereocenters. The predicted octanol–water partition coefficient (Wildman–Crippen LogP) is 2.66. The fourth-order valence-electron chi connectivity index (χ4n) is 1.96. The second kappa shape index (κ2) is 7.00. The molecule has 0 aliphatic carbocycles. The molecule has 0 saturated carbocycles. The fraction of sp³-hybridized carbons (Fsp3) is 0.533. The lowest BCUT2D eigenvalue weighted by atomic mass is 10.1. The van der Waals surface area contributed by atoms with Crippen LogP contribution in [0.3, 0.4) is 0 Å². The standard InChI is InChI=1S/C15H21F3N2O2/c1-14(2,22)10-20(3)13(21)19-9-8-11-4-6-12(7-5-11)15(16,17)18/h4-7,22H,8-10H2,1-3H3,(H,19,21). The van der Waals surface area contributed by atoms with Gasteiger partial charge in [-0.3, -0.25) is 0 Å². The summed E-state index contributed by atoms with van der Waals surface area (Å²) in [5, 5.41) is 12.3. The topological polar surface area (TPSA) is 52.6 Å². The normalized spacial score (nSPS) is 12.1. The number of amides is 2. The third kappa shape index (κ3) is 6.34. The average molecular weight is 318 g/mol. The van der Waals surface area contributed by atoms with E-state index in [4.69, 9.17) is 0 Å². The first-order chi connectivity index (χ1) is 9.99. The first-order valence-electron chi connectivity index (χ1n) is 6.86. The number of rotatable bonds is 5. The molecule has 0 aromatic heterocycles. The van der Waals surface area contributed by atoms with Gasteiger partial charge in [0, 0.05) is 13.6 Å². The third-order valence-electron chi connectivity index (χ3n) is 2.94. The number of halogens is 3. The van der Waals surface area contributed by atoms with Crippen LogP contribution in [-0.2, 0) is 12.6 Å². The van der Waals surface area contributed by atoms with Gasteiger partial charge in [-0.2, -0.15) is 13.2 Å². The Hall–Kier alpha value is -1.76. The van der Waals surface area contributed by atoms with Gasteiger partial charge in [0.05, 0.1) is 17.7 Å². The molecule has 4 nitrogen and oxygen atoms in total. The largest absolute Gasteiger partial charge is 0.416 e. The number of alkyl halides is 3. The molecule has 124 valence electrons. The molecule has 7 heteroatoms. The van der Waals surface area contributed by atoms with Crippen molar-refractivity contribution >= 4 is 6.03 Å². The Balaban J connectivity index is 2.43. The summed E-state index contributed by atoms with van der Waals surface area (Å²) in [6, 6.07) is 4.51. The van der Waals surface area contributed by atoms with Crippen molar-refractivity contribution in [3.05, 3.63) is 35.4 Å². The van der Waals surface area contributed by atoms with Crippen molar-refractivity contribution in [3.63, 3.8) is 0 Å². The van der Waals surface area contributed by atoms with Crippen molar-refractivity contribution in [2.45, 2.75) is 32.0 Å². The van der Waals surface area contributed by atoms with Gasteiger partial charge in [0.1, 0.15) is 0 Å². The maximum absolute atomic E-state index is 12.4. The molecule has 0 fully saturated rings. The van der Waals surface area contributed by atoms with E-state index in [2.05, 4.69) is 5.32 Å². The summed E-state index contributed by atoms with van der Waals surface area (Å²) in [7, 11) is 1.56. The lowest BCUT2D eigenvalue weighted by Gasteiger charge is -2.25. The molecule has 2 N–H and O–H groups in total. The fourth-order valence-corrected chi connectivity index (χ4v) is 1.96. The zero-order valence-electron chi connectivity index (χ0n) is 12.9. The SMILES string of the molecule is CN(CC(C)(C)O)C(=O)NCCc1ccc(C(F)(F)F)cc1. The summed E-state index contributed by atoms with van der Waals surface area (Å²) in [4.78, 5) is 13.1. The van der Waals surface area contributed by atoms with Gasteiger partial charge in [-0.1, -0.05) is 12.1 Å². The summed E-state index contributed by atoms with van der Waals surface area (Å²) in [5.41, 5.74) is -0.969. The van der Waals surface area contributed by atoms with Gasteiger partial charge in [-0.05, 0) is 38.0 Å². The van der Waals surface area contributed by atoms with Crippen molar-refractivity contribution in [3.8, 4) is 0 Å². The summed E-state index contributed by atoms with van der Waals surface area (Å²) in [6.07, 6.45) is -3.91. The van der Waals surface area contributed by atoms with E-state index in [-0.39, 0.29) is 12.6 Å². The number of carbonyl (C=O) groups is 1. The molecule has 1 aromatic rings. The first-order valence-corrected chi connectivity index (χ1v) is 6.86. The molecular weight excluding hydrogens is 297 g/mol. The Labute approximate surface area is 127 Å². The maximum atomic E-state index is 12.4. The van der Waals surface area contributed by atoms with Crippen LogP contribution in [0.1, 0.15) is 25.0 Å². The Bertz CT molecular complexity index is 493. The van der Waals surface area contributed by atoms with Crippen LogP contribution in [0.5, 0.6) is 0 Å². The summed E-state index contributed by atoms with van der Waals surface area (Å²) in [6.45, 7) is 3.68. The highest BCUT2D eigenvalue weighted by Crippen LogP contribution is 2.29. The molecule has 0 bridgehead atoms. The Morgan fingerprint density at radius 1 is 1.23 bits per heavy atom. The van der Waals surface area contributed by atoms with Crippen LogP contribution in [-0.4, -0.2) is 41.8 Å². The van der Waals surface area contributed by atoms with E-state index < -0.39 is 17.3 Å². The van der Waals surface area contributed by atoms with Crippen molar-refractivity contribution < 1.29 is 23.1 Å². The van der Waals surface area contributed by atoms with Crippen LogP contribution in [0.15, 0.2) is 24.3 Å².